The first-order valence-electron chi connectivity index (χ1n) is 4.23. The van der Waals surface area contributed by atoms with Gasteiger partial charge in [0.05, 0.1) is 0 Å². The Hall–Kier alpha value is -1.19. The van der Waals surface area contributed by atoms with Crippen LogP contribution in [0, 0.1) is 5.82 Å². The Kier molecular flexibility index (Phi) is 2.61. The van der Waals surface area contributed by atoms with E-state index in [4.69, 9.17) is 0 Å². The summed E-state index contributed by atoms with van der Waals surface area (Å²) in [5, 5.41) is 13.6. The Bertz CT molecular complexity index is 394. The van der Waals surface area contributed by atoms with Crippen molar-refractivity contribution in [2.75, 3.05) is 0 Å². The van der Waals surface area contributed by atoms with Crippen LogP contribution in [0.4, 0.5) is 4.39 Å². The molecule has 0 aliphatic heterocycles. The molecule has 72 valence electrons. The van der Waals surface area contributed by atoms with Crippen LogP contribution >= 0.6 is 11.3 Å². The van der Waals surface area contributed by atoms with E-state index in [9.17, 15) is 9.50 Å². The van der Waals surface area contributed by atoms with Gasteiger partial charge in [-0.1, -0.05) is 12.1 Å². The zero-order valence-corrected chi connectivity index (χ0v) is 8.17. The average Bonchev–Trinajstić information content (AvgIpc) is 2.71. The first-order chi connectivity index (χ1) is 6.77. The fraction of sp³-hybridized carbons (Fsp3) is 0.0909. The predicted octanol–water partition coefficient (Wildman–Crippen LogP) is 2.97. The molecule has 2 rings (SSSR count). The molecule has 1 N–H and O–H groups in total. The summed E-state index contributed by atoms with van der Waals surface area (Å²) < 4.78 is 12.6. The standard InChI is InChI=1S/C11H9FOS/c12-10-3-1-8(2-4-10)11(13)9-5-6-14-7-9/h1-7,11,13H. The van der Waals surface area contributed by atoms with Gasteiger partial charge in [-0.05, 0) is 40.1 Å². The van der Waals surface area contributed by atoms with Crippen LogP contribution in [0.25, 0.3) is 0 Å². The highest BCUT2D eigenvalue weighted by molar-refractivity contribution is 7.07. The molecule has 0 spiro atoms. The number of halogens is 1. The lowest BCUT2D eigenvalue weighted by atomic mass is 10.0. The highest BCUT2D eigenvalue weighted by atomic mass is 32.1. The average molecular weight is 208 g/mol. The molecule has 0 fully saturated rings. The van der Waals surface area contributed by atoms with Gasteiger partial charge in [-0.15, -0.1) is 0 Å². The van der Waals surface area contributed by atoms with Crippen LogP contribution in [-0.2, 0) is 0 Å². The van der Waals surface area contributed by atoms with E-state index in [1.165, 1.54) is 23.5 Å². The minimum absolute atomic E-state index is 0.286. The number of hydrogen-bond acceptors (Lipinski definition) is 2. The Balaban J connectivity index is 2.28. The predicted molar refractivity (Wildman–Crippen MR) is 54.8 cm³/mol. The molecule has 2 aromatic rings. The second-order valence-corrected chi connectivity index (χ2v) is 3.79. The van der Waals surface area contributed by atoms with E-state index in [0.717, 1.165) is 5.56 Å². The number of rotatable bonds is 2. The van der Waals surface area contributed by atoms with Crippen molar-refractivity contribution in [1.82, 2.24) is 0 Å². The minimum atomic E-state index is -0.651. The van der Waals surface area contributed by atoms with Gasteiger partial charge < -0.3 is 5.11 Å². The molecule has 0 saturated heterocycles. The van der Waals surface area contributed by atoms with E-state index in [1.54, 1.807) is 12.1 Å². The van der Waals surface area contributed by atoms with E-state index in [-0.39, 0.29) is 5.82 Å². The summed E-state index contributed by atoms with van der Waals surface area (Å²) in [6.07, 6.45) is -0.651. The molecule has 0 bridgehead atoms. The lowest BCUT2D eigenvalue weighted by Crippen LogP contribution is -1.97. The summed E-state index contributed by atoms with van der Waals surface area (Å²) in [5.74, 6) is -0.286. The highest BCUT2D eigenvalue weighted by Crippen LogP contribution is 2.23. The van der Waals surface area contributed by atoms with Crippen LogP contribution < -0.4 is 0 Å². The van der Waals surface area contributed by atoms with Gasteiger partial charge in [-0.25, -0.2) is 4.39 Å². The van der Waals surface area contributed by atoms with Gasteiger partial charge in [0.1, 0.15) is 11.9 Å². The smallest absolute Gasteiger partial charge is 0.123 e. The highest BCUT2D eigenvalue weighted by Gasteiger charge is 2.09. The number of aliphatic hydroxyl groups excluding tert-OH is 1. The van der Waals surface area contributed by atoms with Crippen molar-refractivity contribution in [3.8, 4) is 0 Å². The fourth-order valence-electron chi connectivity index (χ4n) is 1.27. The second-order valence-electron chi connectivity index (χ2n) is 3.01. The van der Waals surface area contributed by atoms with Crippen LogP contribution in [0.3, 0.4) is 0 Å². The maximum absolute atomic E-state index is 12.6. The molecule has 14 heavy (non-hydrogen) atoms. The number of hydrogen-bond donors (Lipinski definition) is 1. The van der Waals surface area contributed by atoms with Crippen LogP contribution in [0.2, 0.25) is 0 Å². The Morgan fingerprint density at radius 1 is 1.07 bits per heavy atom. The summed E-state index contributed by atoms with van der Waals surface area (Å²) >= 11 is 1.53. The third-order valence-corrected chi connectivity index (χ3v) is 2.75. The van der Waals surface area contributed by atoms with Crippen molar-refractivity contribution in [3.63, 3.8) is 0 Å². The first kappa shape index (κ1) is 9.37. The lowest BCUT2D eigenvalue weighted by molar-refractivity contribution is 0.220. The van der Waals surface area contributed by atoms with E-state index in [0.29, 0.717) is 5.56 Å². The molecule has 1 atom stereocenters. The van der Waals surface area contributed by atoms with Crippen molar-refractivity contribution in [1.29, 1.82) is 0 Å². The molecule has 3 heteroatoms. The Morgan fingerprint density at radius 3 is 2.36 bits per heavy atom. The molecule has 1 nitrogen and oxygen atoms in total. The minimum Gasteiger partial charge on any atom is -0.384 e. The van der Waals surface area contributed by atoms with Gasteiger partial charge in [0.25, 0.3) is 0 Å². The molecule has 0 aliphatic rings. The lowest BCUT2D eigenvalue weighted by Gasteiger charge is -2.08. The van der Waals surface area contributed by atoms with E-state index in [1.807, 2.05) is 16.8 Å². The van der Waals surface area contributed by atoms with Gasteiger partial charge in [0.2, 0.25) is 0 Å². The van der Waals surface area contributed by atoms with Gasteiger partial charge in [-0.2, -0.15) is 11.3 Å². The van der Waals surface area contributed by atoms with Crippen molar-refractivity contribution in [2.24, 2.45) is 0 Å². The molecule has 0 aliphatic carbocycles. The summed E-state index contributed by atoms with van der Waals surface area (Å²) in [6.45, 7) is 0. The van der Waals surface area contributed by atoms with Gasteiger partial charge in [-0.3, -0.25) is 0 Å². The molecular weight excluding hydrogens is 199 g/mol. The Labute approximate surface area is 85.5 Å². The Morgan fingerprint density at radius 2 is 1.79 bits per heavy atom. The van der Waals surface area contributed by atoms with E-state index < -0.39 is 6.10 Å². The molecular formula is C11H9FOS. The molecule has 1 aromatic carbocycles. The fourth-order valence-corrected chi connectivity index (χ4v) is 1.95. The molecule has 1 heterocycles. The zero-order chi connectivity index (χ0) is 9.97. The van der Waals surface area contributed by atoms with Crippen LogP contribution in [-0.4, -0.2) is 5.11 Å². The van der Waals surface area contributed by atoms with Gasteiger partial charge >= 0.3 is 0 Å². The SMILES string of the molecule is OC(c1ccc(F)cc1)c1ccsc1. The van der Waals surface area contributed by atoms with Gasteiger partial charge in [0.15, 0.2) is 0 Å². The van der Waals surface area contributed by atoms with Crippen molar-refractivity contribution in [2.45, 2.75) is 6.10 Å². The molecule has 1 aromatic heterocycles. The second kappa shape index (κ2) is 3.90. The summed E-state index contributed by atoms with van der Waals surface area (Å²) in [5.41, 5.74) is 1.56. The van der Waals surface area contributed by atoms with Crippen molar-refractivity contribution in [3.05, 3.63) is 58.0 Å². The number of benzene rings is 1. The summed E-state index contributed by atoms with van der Waals surface area (Å²) in [6, 6.07) is 7.75. The van der Waals surface area contributed by atoms with Crippen molar-refractivity contribution < 1.29 is 9.50 Å². The quantitative estimate of drug-likeness (QED) is 0.804. The zero-order valence-electron chi connectivity index (χ0n) is 7.35. The third kappa shape index (κ3) is 1.84. The maximum atomic E-state index is 12.6. The van der Waals surface area contributed by atoms with E-state index in [2.05, 4.69) is 0 Å². The normalized spacial score (nSPS) is 12.7. The molecule has 0 amide bonds. The third-order valence-electron chi connectivity index (χ3n) is 2.04. The molecule has 1 unspecified atom stereocenters. The van der Waals surface area contributed by atoms with E-state index >= 15 is 0 Å². The number of thiophene rings is 1. The molecule has 0 radical (unpaired) electrons. The van der Waals surface area contributed by atoms with Gasteiger partial charge in [0, 0.05) is 0 Å². The summed E-state index contributed by atoms with van der Waals surface area (Å²) in [7, 11) is 0. The first-order valence-corrected chi connectivity index (χ1v) is 5.17. The van der Waals surface area contributed by atoms with Crippen LogP contribution in [0.15, 0.2) is 41.1 Å². The van der Waals surface area contributed by atoms with Crippen molar-refractivity contribution >= 4 is 11.3 Å². The maximum Gasteiger partial charge on any atom is 0.123 e. The summed E-state index contributed by atoms with van der Waals surface area (Å²) in [4.78, 5) is 0. The van der Waals surface area contributed by atoms with Crippen LogP contribution in [0.5, 0.6) is 0 Å². The van der Waals surface area contributed by atoms with Crippen LogP contribution in [0.1, 0.15) is 17.2 Å². The molecule has 0 saturated carbocycles. The largest absolute Gasteiger partial charge is 0.384 e. The number of aliphatic hydroxyl groups is 1. The topological polar surface area (TPSA) is 20.2 Å². The monoisotopic (exact) mass is 208 g/mol.